The van der Waals surface area contributed by atoms with Gasteiger partial charge in [0.2, 0.25) is 5.91 Å². The summed E-state index contributed by atoms with van der Waals surface area (Å²) in [4.78, 5) is 16.2. The number of amides is 1. The van der Waals surface area contributed by atoms with E-state index >= 15 is 0 Å². The topological polar surface area (TPSA) is 46.9 Å². The van der Waals surface area contributed by atoms with E-state index in [2.05, 4.69) is 10.3 Å². The second kappa shape index (κ2) is 7.27. The standard InChI is InChI=1S/C18H15ClFN3O/c19-16-10-15(20)6-5-13(16)9-18(24)22-11-14-3-1-2-4-17(14)23-8-7-21-12-23/h1-8,10,12H,9,11H2,(H,22,24). The highest BCUT2D eigenvalue weighted by atomic mass is 35.5. The molecule has 0 aliphatic rings. The Labute approximate surface area is 143 Å². The molecule has 0 radical (unpaired) electrons. The summed E-state index contributed by atoms with van der Waals surface area (Å²) in [5.74, 6) is -0.595. The minimum absolute atomic E-state index is 0.104. The largest absolute Gasteiger partial charge is 0.352 e. The molecule has 122 valence electrons. The lowest BCUT2D eigenvalue weighted by Crippen LogP contribution is -2.25. The molecule has 0 saturated carbocycles. The Bertz CT molecular complexity index is 849. The van der Waals surface area contributed by atoms with Crippen molar-refractivity contribution in [2.75, 3.05) is 0 Å². The van der Waals surface area contributed by atoms with Crippen LogP contribution in [0.1, 0.15) is 11.1 Å². The van der Waals surface area contributed by atoms with E-state index in [9.17, 15) is 9.18 Å². The number of halogens is 2. The predicted octanol–water partition coefficient (Wildman–Crippen LogP) is 3.52. The minimum Gasteiger partial charge on any atom is -0.352 e. The average molecular weight is 344 g/mol. The summed E-state index contributed by atoms with van der Waals surface area (Å²) >= 11 is 5.95. The van der Waals surface area contributed by atoms with E-state index in [0.717, 1.165) is 11.3 Å². The minimum atomic E-state index is -0.418. The van der Waals surface area contributed by atoms with Crippen LogP contribution in [0.2, 0.25) is 5.02 Å². The summed E-state index contributed by atoms with van der Waals surface area (Å²) in [6.07, 6.45) is 5.36. The molecule has 0 fully saturated rings. The second-order valence-electron chi connectivity index (χ2n) is 5.29. The Balaban J connectivity index is 1.67. The number of rotatable bonds is 5. The van der Waals surface area contributed by atoms with E-state index in [1.807, 2.05) is 35.0 Å². The van der Waals surface area contributed by atoms with Crippen LogP contribution >= 0.6 is 11.6 Å². The molecule has 0 aliphatic carbocycles. The van der Waals surface area contributed by atoms with Crippen molar-refractivity contribution in [1.29, 1.82) is 0 Å². The average Bonchev–Trinajstić information content (AvgIpc) is 3.10. The summed E-state index contributed by atoms with van der Waals surface area (Å²) in [6.45, 7) is 0.381. The fourth-order valence-corrected chi connectivity index (χ4v) is 2.64. The van der Waals surface area contributed by atoms with Crippen molar-refractivity contribution in [3.05, 3.63) is 83.2 Å². The molecule has 3 rings (SSSR count). The number of nitrogens with zero attached hydrogens (tertiary/aromatic N) is 2. The van der Waals surface area contributed by atoms with Gasteiger partial charge in [-0.05, 0) is 29.3 Å². The number of aromatic nitrogens is 2. The molecule has 2 aromatic carbocycles. The molecular weight excluding hydrogens is 329 g/mol. The lowest BCUT2D eigenvalue weighted by Gasteiger charge is -2.11. The SMILES string of the molecule is O=C(Cc1ccc(F)cc1Cl)NCc1ccccc1-n1ccnc1. The summed E-state index contributed by atoms with van der Waals surface area (Å²) in [6, 6.07) is 11.8. The van der Waals surface area contributed by atoms with Gasteiger partial charge in [0, 0.05) is 24.0 Å². The Hall–Kier alpha value is -2.66. The monoisotopic (exact) mass is 343 g/mol. The number of benzene rings is 2. The third kappa shape index (κ3) is 3.81. The number of hydrogen-bond donors (Lipinski definition) is 1. The van der Waals surface area contributed by atoms with E-state index in [1.165, 1.54) is 18.2 Å². The normalized spacial score (nSPS) is 10.6. The van der Waals surface area contributed by atoms with Crippen molar-refractivity contribution in [2.45, 2.75) is 13.0 Å². The first-order chi connectivity index (χ1) is 11.6. The summed E-state index contributed by atoms with van der Waals surface area (Å²) in [5.41, 5.74) is 2.52. The first-order valence-electron chi connectivity index (χ1n) is 7.40. The Kier molecular flexibility index (Phi) is 4.91. The lowest BCUT2D eigenvalue weighted by molar-refractivity contribution is -0.120. The maximum atomic E-state index is 13.0. The van der Waals surface area contributed by atoms with Crippen molar-refractivity contribution < 1.29 is 9.18 Å². The molecule has 0 bridgehead atoms. The van der Waals surface area contributed by atoms with E-state index < -0.39 is 5.82 Å². The molecule has 24 heavy (non-hydrogen) atoms. The van der Waals surface area contributed by atoms with Gasteiger partial charge in [0.1, 0.15) is 5.82 Å². The smallest absolute Gasteiger partial charge is 0.224 e. The number of carbonyl (C=O) groups is 1. The third-order valence-electron chi connectivity index (χ3n) is 3.62. The zero-order chi connectivity index (χ0) is 16.9. The molecule has 0 spiro atoms. The molecule has 0 aliphatic heterocycles. The summed E-state index contributed by atoms with van der Waals surface area (Å²) in [7, 11) is 0. The number of nitrogens with one attached hydrogen (secondary N) is 1. The molecule has 1 N–H and O–H groups in total. The molecule has 6 heteroatoms. The zero-order valence-corrected chi connectivity index (χ0v) is 13.5. The van der Waals surface area contributed by atoms with Crippen LogP contribution in [0.15, 0.2) is 61.2 Å². The quantitative estimate of drug-likeness (QED) is 0.770. The maximum absolute atomic E-state index is 13.0. The highest BCUT2D eigenvalue weighted by Gasteiger charge is 2.09. The van der Waals surface area contributed by atoms with Crippen LogP contribution in [0.25, 0.3) is 5.69 Å². The fourth-order valence-electron chi connectivity index (χ4n) is 2.41. The molecule has 0 saturated heterocycles. The van der Waals surface area contributed by atoms with Crippen LogP contribution in [0.5, 0.6) is 0 Å². The maximum Gasteiger partial charge on any atom is 0.224 e. The van der Waals surface area contributed by atoms with Gasteiger partial charge in [0.05, 0.1) is 18.4 Å². The molecular formula is C18H15ClFN3O. The van der Waals surface area contributed by atoms with Crippen LogP contribution in [0.3, 0.4) is 0 Å². The van der Waals surface area contributed by atoms with Gasteiger partial charge in [-0.1, -0.05) is 35.9 Å². The van der Waals surface area contributed by atoms with Gasteiger partial charge >= 0.3 is 0 Å². The highest BCUT2D eigenvalue weighted by Crippen LogP contribution is 2.18. The first-order valence-corrected chi connectivity index (χ1v) is 7.78. The van der Waals surface area contributed by atoms with Gasteiger partial charge in [-0.15, -0.1) is 0 Å². The van der Waals surface area contributed by atoms with Crippen molar-refractivity contribution >= 4 is 17.5 Å². The van der Waals surface area contributed by atoms with E-state index in [-0.39, 0.29) is 17.4 Å². The first kappa shape index (κ1) is 16.2. The lowest BCUT2D eigenvalue weighted by atomic mass is 10.1. The number of para-hydroxylation sites is 1. The number of imidazole rings is 1. The highest BCUT2D eigenvalue weighted by molar-refractivity contribution is 6.31. The Morgan fingerprint density at radius 1 is 1.21 bits per heavy atom. The van der Waals surface area contributed by atoms with Crippen molar-refractivity contribution in [1.82, 2.24) is 14.9 Å². The van der Waals surface area contributed by atoms with Gasteiger partial charge in [-0.3, -0.25) is 4.79 Å². The molecule has 0 unspecified atom stereocenters. The van der Waals surface area contributed by atoms with Crippen molar-refractivity contribution in [3.63, 3.8) is 0 Å². The van der Waals surface area contributed by atoms with Crippen molar-refractivity contribution in [3.8, 4) is 5.69 Å². The van der Waals surface area contributed by atoms with E-state index in [4.69, 9.17) is 11.6 Å². The van der Waals surface area contributed by atoms with Gasteiger partial charge in [-0.25, -0.2) is 9.37 Å². The fraction of sp³-hybridized carbons (Fsp3) is 0.111. The summed E-state index contributed by atoms with van der Waals surface area (Å²) in [5, 5.41) is 3.12. The Morgan fingerprint density at radius 3 is 2.79 bits per heavy atom. The van der Waals surface area contributed by atoms with Crippen molar-refractivity contribution in [2.24, 2.45) is 0 Å². The van der Waals surface area contributed by atoms with Crippen LogP contribution < -0.4 is 5.32 Å². The molecule has 0 atom stereocenters. The van der Waals surface area contributed by atoms with Crippen LogP contribution in [0.4, 0.5) is 4.39 Å². The van der Waals surface area contributed by atoms with Crippen LogP contribution in [-0.4, -0.2) is 15.5 Å². The second-order valence-corrected chi connectivity index (χ2v) is 5.70. The summed E-state index contributed by atoms with van der Waals surface area (Å²) < 4.78 is 14.9. The van der Waals surface area contributed by atoms with Gasteiger partial charge in [0.25, 0.3) is 0 Å². The zero-order valence-electron chi connectivity index (χ0n) is 12.7. The Morgan fingerprint density at radius 2 is 2.04 bits per heavy atom. The van der Waals surface area contributed by atoms with Gasteiger partial charge in [-0.2, -0.15) is 0 Å². The molecule has 1 heterocycles. The molecule has 4 nitrogen and oxygen atoms in total. The molecule has 3 aromatic rings. The number of hydrogen-bond acceptors (Lipinski definition) is 2. The van der Waals surface area contributed by atoms with Gasteiger partial charge in [0.15, 0.2) is 0 Å². The molecule has 1 aromatic heterocycles. The van der Waals surface area contributed by atoms with E-state index in [0.29, 0.717) is 12.1 Å². The third-order valence-corrected chi connectivity index (χ3v) is 3.97. The predicted molar refractivity (Wildman–Crippen MR) is 90.5 cm³/mol. The molecule has 1 amide bonds. The number of carbonyl (C=O) groups excluding carboxylic acids is 1. The van der Waals surface area contributed by atoms with Gasteiger partial charge < -0.3 is 9.88 Å². The van der Waals surface area contributed by atoms with Crippen LogP contribution in [0, 0.1) is 5.82 Å². The van der Waals surface area contributed by atoms with E-state index in [1.54, 1.807) is 12.5 Å². The van der Waals surface area contributed by atoms with Crippen LogP contribution in [-0.2, 0) is 17.8 Å².